The number of oxazole rings is 1. The van der Waals surface area contributed by atoms with E-state index >= 15 is 0 Å². The predicted molar refractivity (Wildman–Crippen MR) is 136 cm³/mol. The van der Waals surface area contributed by atoms with Crippen molar-refractivity contribution in [2.45, 2.75) is 54.0 Å². The van der Waals surface area contributed by atoms with Crippen molar-refractivity contribution < 1.29 is 23.8 Å². The fraction of sp³-hybridized carbons (Fsp3) is 0.444. The van der Waals surface area contributed by atoms with Gasteiger partial charge >= 0.3 is 5.97 Å². The average Bonchev–Trinajstić information content (AvgIpc) is 3.36. The second-order valence-electron chi connectivity index (χ2n) is 8.48. The zero-order valence-electron chi connectivity index (χ0n) is 21.5. The van der Waals surface area contributed by atoms with Crippen molar-refractivity contribution in [1.82, 2.24) is 9.55 Å². The highest BCUT2D eigenvalue weighted by molar-refractivity contribution is 5.88. The van der Waals surface area contributed by atoms with Crippen molar-refractivity contribution in [2.24, 2.45) is 5.92 Å². The Kier molecular flexibility index (Phi) is 10.7. The third-order valence-corrected chi connectivity index (χ3v) is 4.91. The number of nitrogens with zero attached hydrogens (tertiary/aromatic N) is 2. The van der Waals surface area contributed by atoms with Gasteiger partial charge in [-0.3, -0.25) is 4.79 Å². The predicted octanol–water partition coefficient (Wildman–Crippen LogP) is 5.53. The van der Waals surface area contributed by atoms with Crippen LogP contribution in [0.15, 0.2) is 46.2 Å². The van der Waals surface area contributed by atoms with E-state index in [4.69, 9.17) is 13.9 Å². The van der Waals surface area contributed by atoms with E-state index in [0.717, 1.165) is 29.0 Å². The Morgan fingerprint density at radius 3 is 2.49 bits per heavy atom. The van der Waals surface area contributed by atoms with Crippen LogP contribution in [0, 0.1) is 5.92 Å². The average molecular weight is 485 g/mol. The van der Waals surface area contributed by atoms with E-state index in [1.165, 1.54) is 18.7 Å². The van der Waals surface area contributed by atoms with Gasteiger partial charge in [0.15, 0.2) is 17.6 Å². The number of pyridine rings is 1. The summed E-state index contributed by atoms with van der Waals surface area (Å²) in [4.78, 5) is 27.6. The molecule has 0 bridgehead atoms. The highest BCUT2D eigenvalue weighted by Crippen LogP contribution is 2.39. The summed E-state index contributed by atoms with van der Waals surface area (Å²) in [5.41, 5.74) is 2.52. The SMILES string of the molecule is CC.CC(C)C.COCCCOc1cc2c(cc1-c1cnco1)-c1cc(=O)c(C(=O)O)cn1CC2. The molecule has 0 fully saturated rings. The van der Waals surface area contributed by atoms with Crippen molar-refractivity contribution in [3.63, 3.8) is 0 Å². The molecule has 8 nitrogen and oxygen atoms in total. The van der Waals surface area contributed by atoms with Crippen LogP contribution in [0.2, 0.25) is 0 Å². The van der Waals surface area contributed by atoms with Crippen LogP contribution in [0.25, 0.3) is 22.6 Å². The molecule has 0 amide bonds. The minimum atomic E-state index is -1.22. The largest absolute Gasteiger partial charge is 0.493 e. The standard InChI is InChI=1S/C21H20N2O6.C4H10.C2H6/c1-27-5-2-6-28-19-7-13-3-4-23-11-16(21(25)26)18(24)9-17(23)14(13)8-15(19)20-10-22-12-29-20;1-4(2)3;1-2/h7-12H,2-6H2,1H3,(H,25,26);4H,1-3H3;1-2H3. The molecule has 1 aliphatic heterocycles. The molecule has 35 heavy (non-hydrogen) atoms. The van der Waals surface area contributed by atoms with E-state index in [1.807, 2.05) is 26.0 Å². The topological polar surface area (TPSA) is 104 Å². The van der Waals surface area contributed by atoms with Gasteiger partial charge in [-0.15, -0.1) is 0 Å². The number of hydrogen-bond acceptors (Lipinski definition) is 6. The number of hydrogen-bond donors (Lipinski definition) is 1. The Labute approximate surface area is 206 Å². The molecule has 2 aromatic heterocycles. The number of methoxy groups -OCH3 is 1. The van der Waals surface area contributed by atoms with Crippen LogP contribution in [0.3, 0.4) is 0 Å². The first-order valence-corrected chi connectivity index (χ1v) is 12.0. The van der Waals surface area contributed by atoms with Crippen molar-refractivity contribution in [2.75, 3.05) is 20.3 Å². The fourth-order valence-electron chi connectivity index (χ4n) is 3.51. The highest BCUT2D eigenvalue weighted by Gasteiger charge is 2.23. The maximum absolute atomic E-state index is 12.3. The van der Waals surface area contributed by atoms with E-state index in [1.54, 1.807) is 17.9 Å². The van der Waals surface area contributed by atoms with Crippen molar-refractivity contribution in [1.29, 1.82) is 0 Å². The molecule has 0 unspecified atom stereocenters. The first-order valence-electron chi connectivity index (χ1n) is 12.0. The number of carboxylic acids is 1. The summed E-state index contributed by atoms with van der Waals surface area (Å²) in [7, 11) is 1.65. The molecule has 1 N–H and O–H groups in total. The Morgan fingerprint density at radius 2 is 1.89 bits per heavy atom. The van der Waals surface area contributed by atoms with Gasteiger partial charge in [0, 0.05) is 44.5 Å². The maximum atomic E-state index is 12.3. The number of carbonyl (C=O) groups is 1. The maximum Gasteiger partial charge on any atom is 0.341 e. The Balaban J connectivity index is 0.000000655. The smallest absolute Gasteiger partial charge is 0.341 e. The molecular weight excluding hydrogens is 448 g/mol. The van der Waals surface area contributed by atoms with E-state index in [2.05, 4.69) is 25.8 Å². The van der Waals surface area contributed by atoms with Crippen LogP contribution in [-0.4, -0.2) is 41.0 Å². The molecule has 0 atom stereocenters. The molecular formula is C27H36N2O6. The van der Waals surface area contributed by atoms with Gasteiger partial charge in [0.05, 0.1) is 24.1 Å². The van der Waals surface area contributed by atoms with Gasteiger partial charge in [-0.2, -0.15) is 0 Å². The van der Waals surface area contributed by atoms with E-state index < -0.39 is 11.4 Å². The van der Waals surface area contributed by atoms with Crippen LogP contribution >= 0.6 is 0 Å². The van der Waals surface area contributed by atoms with Gasteiger partial charge in [-0.05, 0) is 30.0 Å². The molecule has 3 heterocycles. The van der Waals surface area contributed by atoms with Gasteiger partial charge in [0.1, 0.15) is 11.3 Å². The third kappa shape index (κ3) is 7.29. The summed E-state index contributed by atoms with van der Waals surface area (Å²) in [6.45, 7) is 12.2. The zero-order valence-corrected chi connectivity index (χ0v) is 21.5. The number of aromatic nitrogens is 2. The molecule has 3 aromatic rings. The number of aryl methyl sites for hydroxylation is 2. The van der Waals surface area contributed by atoms with Crippen LogP contribution in [0.4, 0.5) is 0 Å². The van der Waals surface area contributed by atoms with Gasteiger partial charge in [0.25, 0.3) is 0 Å². The Bertz CT molecular complexity index is 1150. The second-order valence-corrected chi connectivity index (χ2v) is 8.48. The monoisotopic (exact) mass is 484 g/mol. The molecule has 0 radical (unpaired) electrons. The molecule has 4 rings (SSSR count). The number of ether oxygens (including phenoxy) is 2. The van der Waals surface area contributed by atoms with Crippen LogP contribution in [0.1, 0.15) is 57.0 Å². The van der Waals surface area contributed by atoms with E-state index in [0.29, 0.717) is 43.4 Å². The summed E-state index contributed by atoms with van der Waals surface area (Å²) in [5, 5.41) is 9.23. The molecule has 0 aliphatic carbocycles. The normalized spacial score (nSPS) is 11.4. The molecule has 1 aliphatic rings. The van der Waals surface area contributed by atoms with Gasteiger partial charge in [0.2, 0.25) is 0 Å². The molecule has 1 aromatic carbocycles. The number of rotatable bonds is 7. The lowest BCUT2D eigenvalue weighted by Gasteiger charge is -2.24. The lowest BCUT2D eigenvalue weighted by molar-refractivity contribution is 0.0694. The fourth-order valence-corrected chi connectivity index (χ4v) is 3.51. The summed E-state index contributed by atoms with van der Waals surface area (Å²) in [6, 6.07) is 5.25. The Hall–Kier alpha value is -3.39. The van der Waals surface area contributed by atoms with Crippen molar-refractivity contribution >= 4 is 5.97 Å². The van der Waals surface area contributed by atoms with E-state index in [9.17, 15) is 14.7 Å². The van der Waals surface area contributed by atoms with Gasteiger partial charge in [-0.25, -0.2) is 9.78 Å². The molecule has 0 spiro atoms. The lowest BCUT2D eigenvalue weighted by atomic mass is 9.93. The molecule has 0 saturated carbocycles. The summed E-state index contributed by atoms with van der Waals surface area (Å²) < 4.78 is 18.3. The van der Waals surface area contributed by atoms with Crippen LogP contribution < -0.4 is 10.2 Å². The van der Waals surface area contributed by atoms with Crippen molar-refractivity contribution in [3.8, 4) is 28.3 Å². The summed E-state index contributed by atoms with van der Waals surface area (Å²) in [5.74, 6) is 0.837. The minimum Gasteiger partial charge on any atom is -0.493 e. The van der Waals surface area contributed by atoms with Gasteiger partial charge < -0.3 is 23.6 Å². The van der Waals surface area contributed by atoms with Crippen molar-refractivity contribution in [3.05, 3.63) is 58.3 Å². The van der Waals surface area contributed by atoms with Gasteiger partial charge in [-0.1, -0.05) is 34.6 Å². The zero-order chi connectivity index (χ0) is 26.0. The van der Waals surface area contributed by atoms with Crippen LogP contribution in [0.5, 0.6) is 5.75 Å². The number of carboxylic acid groups (broad SMARTS) is 1. The quantitative estimate of drug-likeness (QED) is 0.440. The number of fused-ring (bicyclic) bond motifs is 3. The first kappa shape index (κ1) is 27.9. The number of benzene rings is 1. The molecule has 0 saturated heterocycles. The first-order chi connectivity index (χ1) is 16.8. The Morgan fingerprint density at radius 1 is 1.17 bits per heavy atom. The van der Waals surface area contributed by atoms with E-state index in [-0.39, 0.29) is 5.56 Å². The highest BCUT2D eigenvalue weighted by atomic mass is 16.5. The van der Waals surface area contributed by atoms with Crippen LogP contribution in [-0.2, 0) is 17.7 Å². The molecule has 190 valence electrons. The third-order valence-electron chi connectivity index (χ3n) is 4.91. The summed E-state index contributed by atoms with van der Waals surface area (Å²) >= 11 is 0. The molecule has 8 heteroatoms. The number of aromatic carboxylic acids is 1. The second kappa shape index (κ2) is 13.5. The summed E-state index contributed by atoms with van der Waals surface area (Å²) in [6.07, 6.45) is 5.80. The minimum absolute atomic E-state index is 0.231. The lowest BCUT2D eigenvalue weighted by Crippen LogP contribution is -2.22.